The Morgan fingerprint density at radius 3 is 3.04 bits per heavy atom. The van der Waals surface area contributed by atoms with Gasteiger partial charge in [-0.25, -0.2) is 0 Å². The van der Waals surface area contributed by atoms with Crippen LogP contribution in [0.2, 0.25) is 0 Å². The fraction of sp³-hybridized carbons (Fsp3) is 0.444. The SMILES string of the molecule is CCCc1cc(NC(=O)[C@@H]2CCCCN2C(=O)c2cccnc2)n[nH]1. The van der Waals surface area contributed by atoms with Gasteiger partial charge in [-0.15, -0.1) is 0 Å². The van der Waals surface area contributed by atoms with Crippen LogP contribution in [0.5, 0.6) is 0 Å². The highest BCUT2D eigenvalue weighted by Gasteiger charge is 2.33. The minimum absolute atomic E-state index is 0.151. The van der Waals surface area contributed by atoms with Crippen molar-refractivity contribution < 1.29 is 9.59 Å². The van der Waals surface area contributed by atoms with Gasteiger partial charge in [0.25, 0.3) is 5.91 Å². The van der Waals surface area contributed by atoms with E-state index in [1.165, 1.54) is 6.20 Å². The number of aryl methyl sites for hydroxylation is 1. The number of aromatic nitrogens is 3. The van der Waals surface area contributed by atoms with E-state index in [9.17, 15) is 9.59 Å². The Labute approximate surface area is 146 Å². The summed E-state index contributed by atoms with van der Waals surface area (Å²) in [5.74, 6) is 0.168. The number of carbonyl (C=O) groups is 2. The molecule has 0 aromatic carbocycles. The van der Waals surface area contributed by atoms with Crippen molar-refractivity contribution in [1.82, 2.24) is 20.1 Å². The van der Waals surface area contributed by atoms with Gasteiger partial charge in [0.1, 0.15) is 6.04 Å². The molecule has 1 aliphatic heterocycles. The molecule has 2 amide bonds. The van der Waals surface area contributed by atoms with E-state index in [-0.39, 0.29) is 11.8 Å². The van der Waals surface area contributed by atoms with E-state index in [4.69, 9.17) is 0 Å². The molecule has 1 saturated heterocycles. The topological polar surface area (TPSA) is 91.0 Å². The second-order valence-corrected chi connectivity index (χ2v) is 6.27. The average Bonchev–Trinajstić information content (AvgIpc) is 3.09. The Morgan fingerprint density at radius 1 is 1.40 bits per heavy atom. The largest absolute Gasteiger partial charge is 0.327 e. The number of likely N-dealkylation sites (tertiary alicyclic amines) is 1. The molecule has 3 heterocycles. The van der Waals surface area contributed by atoms with Crippen LogP contribution in [-0.4, -0.2) is 44.5 Å². The van der Waals surface area contributed by atoms with Gasteiger partial charge in [-0.2, -0.15) is 5.10 Å². The van der Waals surface area contributed by atoms with Crippen molar-refractivity contribution >= 4 is 17.6 Å². The molecular formula is C18H23N5O2. The van der Waals surface area contributed by atoms with Gasteiger partial charge in [-0.3, -0.25) is 19.7 Å². The minimum atomic E-state index is -0.479. The molecule has 0 saturated carbocycles. The van der Waals surface area contributed by atoms with Crippen LogP contribution in [0.4, 0.5) is 5.82 Å². The highest BCUT2D eigenvalue weighted by atomic mass is 16.2. The first-order valence-electron chi connectivity index (χ1n) is 8.75. The molecule has 0 spiro atoms. The maximum atomic E-state index is 12.7. The third-order valence-electron chi connectivity index (χ3n) is 4.38. The summed E-state index contributed by atoms with van der Waals surface area (Å²) in [5, 5.41) is 9.88. The number of hydrogen-bond acceptors (Lipinski definition) is 4. The number of amides is 2. The molecule has 2 aromatic rings. The predicted molar refractivity (Wildman–Crippen MR) is 94.1 cm³/mol. The number of rotatable bonds is 5. The first kappa shape index (κ1) is 17.1. The van der Waals surface area contributed by atoms with Crippen LogP contribution in [0, 0.1) is 0 Å². The van der Waals surface area contributed by atoms with Crippen molar-refractivity contribution in [3.8, 4) is 0 Å². The lowest BCUT2D eigenvalue weighted by Crippen LogP contribution is -2.50. The number of pyridine rings is 1. The molecule has 1 fully saturated rings. The number of nitrogens with one attached hydrogen (secondary N) is 2. The maximum Gasteiger partial charge on any atom is 0.256 e. The molecule has 7 heteroatoms. The second-order valence-electron chi connectivity index (χ2n) is 6.27. The van der Waals surface area contributed by atoms with Crippen LogP contribution in [0.15, 0.2) is 30.6 Å². The van der Waals surface area contributed by atoms with Crippen molar-refractivity contribution in [1.29, 1.82) is 0 Å². The van der Waals surface area contributed by atoms with Gasteiger partial charge in [-0.1, -0.05) is 13.3 Å². The van der Waals surface area contributed by atoms with Crippen LogP contribution in [-0.2, 0) is 11.2 Å². The number of piperidine rings is 1. The summed E-state index contributed by atoms with van der Waals surface area (Å²) in [6.07, 6.45) is 7.54. The van der Waals surface area contributed by atoms with E-state index >= 15 is 0 Å². The summed E-state index contributed by atoms with van der Waals surface area (Å²) in [4.78, 5) is 31.1. The lowest BCUT2D eigenvalue weighted by atomic mass is 10.00. The predicted octanol–water partition coefficient (Wildman–Crippen LogP) is 2.39. The Hall–Kier alpha value is -2.70. The fourth-order valence-electron chi connectivity index (χ4n) is 3.13. The number of anilines is 1. The van der Waals surface area contributed by atoms with Crippen molar-refractivity contribution in [2.45, 2.75) is 45.1 Å². The van der Waals surface area contributed by atoms with Gasteiger partial charge < -0.3 is 10.2 Å². The van der Waals surface area contributed by atoms with Gasteiger partial charge in [0, 0.05) is 30.7 Å². The van der Waals surface area contributed by atoms with E-state index < -0.39 is 6.04 Å². The zero-order chi connectivity index (χ0) is 17.6. The average molecular weight is 341 g/mol. The first-order chi connectivity index (χ1) is 12.2. The zero-order valence-electron chi connectivity index (χ0n) is 14.4. The summed E-state index contributed by atoms with van der Waals surface area (Å²) in [5.41, 5.74) is 1.50. The van der Waals surface area contributed by atoms with E-state index in [0.29, 0.717) is 24.3 Å². The quantitative estimate of drug-likeness (QED) is 0.873. The summed E-state index contributed by atoms with van der Waals surface area (Å²) >= 11 is 0. The minimum Gasteiger partial charge on any atom is -0.327 e. The van der Waals surface area contributed by atoms with Crippen molar-refractivity contribution in [2.24, 2.45) is 0 Å². The molecule has 3 rings (SSSR count). The summed E-state index contributed by atoms with van der Waals surface area (Å²) in [6, 6.07) is 4.82. The number of hydrogen-bond donors (Lipinski definition) is 2. The second kappa shape index (κ2) is 7.92. The standard InChI is InChI=1S/C18H23N5O2/c1-2-6-14-11-16(22-21-14)20-17(24)15-8-3-4-10-23(15)18(25)13-7-5-9-19-12-13/h5,7,9,11-12,15H,2-4,6,8,10H2,1H3,(H2,20,21,22,24)/t15-/m0/s1. The molecule has 2 N–H and O–H groups in total. The molecule has 2 aromatic heterocycles. The van der Waals surface area contributed by atoms with Crippen molar-refractivity contribution in [3.63, 3.8) is 0 Å². The van der Waals surface area contributed by atoms with Gasteiger partial charge in [0.2, 0.25) is 5.91 Å². The van der Waals surface area contributed by atoms with E-state index in [1.54, 1.807) is 23.2 Å². The Morgan fingerprint density at radius 2 is 2.28 bits per heavy atom. The summed E-state index contributed by atoms with van der Waals surface area (Å²) in [6.45, 7) is 2.66. The van der Waals surface area contributed by atoms with Crippen LogP contribution < -0.4 is 5.32 Å². The smallest absolute Gasteiger partial charge is 0.256 e. The Bertz CT molecular complexity index is 728. The maximum absolute atomic E-state index is 12.7. The highest BCUT2D eigenvalue weighted by Crippen LogP contribution is 2.21. The van der Waals surface area contributed by atoms with Gasteiger partial charge in [0.15, 0.2) is 5.82 Å². The first-order valence-corrected chi connectivity index (χ1v) is 8.75. The Balaban J connectivity index is 1.71. The van der Waals surface area contributed by atoms with Gasteiger partial charge >= 0.3 is 0 Å². The molecule has 0 bridgehead atoms. The molecule has 7 nitrogen and oxygen atoms in total. The van der Waals surface area contributed by atoms with Crippen molar-refractivity contribution in [3.05, 3.63) is 41.9 Å². The fourth-order valence-corrected chi connectivity index (χ4v) is 3.13. The molecule has 0 unspecified atom stereocenters. The number of aromatic amines is 1. The third-order valence-corrected chi connectivity index (χ3v) is 4.38. The molecule has 25 heavy (non-hydrogen) atoms. The molecule has 0 radical (unpaired) electrons. The van der Waals surface area contributed by atoms with Crippen molar-refractivity contribution in [2.75, 3.05) is 11.9 Å². The van der Waals surface area contributed by atoms with Crippen LogP contribution in [0.25, 0.3) is 0 Å². The van der Waals surface area contributed by atoms with Crippen LogP contribution in [0.3, 0.4) is 0 Å². The molecular weight excluding hydrogens is 318 g/mol. The lowest BCUT2D eigenvalue weighted by Gasteiger charge is -2.34. The van der Waals surface area contributed by atoms with E-state index in [0.717, 1.165) is 31.4 Å². The highest BCUT2D eigenvalue weighted by molar-refractivity contribution is 6.00. The Kier molecular flexibility index (Phi) is 5.42. The van der Waals surface area contributed by atoms with Crippen LogP contribution in [0.1, 0.15) is 48.7 Å². The molecule has 0 aliphatic carbocycles. The number of H-pyrrole nitrogens is 1. The van der Waals surface area contributed by atoms with Gasteiger partial charge in [-0.05, 0) is 37.8 Å². The third kappa shape index (κ3) is 4.04. The monoisotopic (exact) mass is 341 g/mol. The normalized spacial score (nSPS) is 17.3. The summed E-state index contributed by atoms with van der Waals surface area (Å²) in [7, 11) is 0. The number of nitrogens with zero attached hydrogens (tertiary/aromatic N) is 3. The lowest BCUT2D eigenvalue weighted by molar-refractivity contribution is -0.121. The summed E-state index contributed by atoms with van der Waals surface area (Å²) < 4.78 is 0. The number of carbonyl (C=O) groups excluding carboxylic acids is 2. The van der Waals surface area contributed by atoms with Crippen LogP contribution >= 0.6 is 0 Å². The zero-order valence-corrected chi connectivity index (χ0v) is 14.4. The molecule has 1 aliphatic rings. The van der Waals surface area contributed by atoms with E-state index in [2.05, 4.69) is 27.4 Å². The molecule has 132 valence electrons. The van der Waals surface area contributed by atoms with E-state index in [1.807, 2.05) is 6.07 Å². The van der Waals surface area contributed by atoms with Gasteiger partial charge in [0.05, 0.1) is 5.56 Å². The molecule has 1 atom stereocenters.